The summed E-state index contributed by atoms with van der Waals surface area (Å²) < 4.78 is 5.44. The quantitative estimate of drug-likeness (QED) is 0.674. The predicted molar refractivity (Wildman–Crippen MR) is 69.3 cm³/mol. The van der Waals surface area contributed by atoms with E-state index >= 15 is 0 Å². The minimum Gasteiger partial charge on any atom is -0.368 e. The molecule has 0 aromatic heterocycles. The van der Waals surface area contributed by atoms with E-state index in [0.29, 0.717) is 17.9 Å². The lowest BCUT2D eigenvalue weighted by atomic mass is 9.87. The van der Waals surface area contributed by atoms with E-state index in [4.69, 9.17) is 4.74 Å². The largest absolute Gasteiger partial charge is 0.368 e. The molecular formula is C14H30O2. The molecule has 0 saturated carbocycles. The summed E-state index contributed by atoms with van der Waals surface area (Å²) in [4.78, 5) is 0. The maximum Gasteiger partial charge on any atom is 0.157 e. The average Bonchev–Trinajstić information content (AvgIpc) is 2.12. The van der Waals surface area contributed by atoms with Crippen LogP contribution in [0.15, 0.2) is 0 Å². The molecule has 0 fully saturated rings. The zero-order valence-corrected chi connectivity index (χ0v) is 11.9. The topological polar surface area (TPSA) is 29.5 Å². The lowest BCUT2D eigenvalue weighted by molar-refractivity contribution is -0.134. The Hall–Kier alpha value is -0.0800. The molecule has 0 bridgehead atoms. The Morgan fingerprint density at radius 3 is 2.06 bits per heavy atom. The van der Waals surface area contributed by atoms with Crippen LogP contribution in [-0.4, -0.2) is 18.0 Å². The van der Waals surface area contributed by atoms with E-state index in [9.17, 15) is 5.11 Å². The van der Waals surface area contributed by atoms with E-state index < -0.39 is 6.29 Å². The molecule has 2 nitrogen and oxygen atoms in total. The Morgan fingerprint density at radius 2 is 1.62 bits per heavy atom. The van der Waals surface area contributed by atoms with Gasteiger partial charge in [0.1, 0.15) is 0 Å². The average molecular weight is 230 g/mol. The highest BCUT2D eigenvalue weighted by Gasteiger charge is 2.18. The van der Waals surface area contributed by atoms with Gasteiger partial charge in [-0.1, -0.05) is 41.5 Å². The van der Waals surface area contributed by atoms with Crippen molar-refractivity contribution in [2.75, 3.05) is 6.61 Å². The van der Waals surface area contributed by atoms with Gasteiger partial charge in [0.25, 0.3) is 0 Å². The predicted octanol–water partition coefficient (Wildman–Crippen LogP) is 3.83. The van der Waals surface area contributed by atoms with Crippen molar-refractivity contribution in [2.45, 2.75) is 67.1 Å². The fraction of sp³-hybridized carbons (Fsp3) is 1.00. The van der Waals surface area contributed by atoms with Crippen molar-refractivity contribution < 1.29 is 9.84 Å². The van der Waals surface area contributed by atoms with Crippen molar-refractivity contribution in [2.24, 2.45) is 17.3 Å². The van der Waals surface area contributed by atoms with Gasteiger partial charge in [-0.2, -0.15) is 0 Å². The molecule has 0 aliphatic heterocycles. The van der Waals surface area contributed by atoms with Gasteiger partial charge in [0.2, 0.25) is 0 Å². The highest BCUT2D eigenvalue weighted by atomic mass is 16.6. The van der Waals surface area contributed by atoms with Crippen LogP contribution in [0, 0.1) is 17.3 Å². The van der Waals surface area contributed by atoms with E-state index in [0.717, 1.165) is 19.3 Å². The third-order valence-electron chi connectivity index (χ3n) is 2.82. The first-order valence-electron chi connectivity index (χ1n) is 6.52. The summed E-state index contributed by atoms with van der Waals surface area (Å²) in [6.45, 7) is 13.7. The van der Waals surface area contributed by atoms with Crippen molar-refractivity contribution in [1.82, 2.24) is 0 Å². The van der Waals surface area contributed by atoms with Crippen molar-refractivity contribution in [1.29, 1.82) is 0 Å². The molecule has 0 aliphatic rings. The lowest BCUT2D eigenvalue weighted by Crippen LogP contribution is -2.23. The van der Waals surface area contributed by atoms with Gasteiger partial charge in [-0.05, 0) is 30.6 Å². The summed E-state index contributed by atoms with van der Waals surface area (Å²) >= 11 is 0. The van der Waals surface area contributed by atoms with Crippen LogP contribution in [0.1, 0.15) is 60.8 Å². The molecule has 2 unspecified atom stereocenters. The highest BCUT2D eigenvalue weighted by molar-refractivity contribution is 4.65. The molecule has 16 heavy (non-hydrogen) atoms. The summed E-state index contributed by atoms with van der Waals surface area (Å²) in [6.07, 6.45) is 2.56. The smallest absolute Gasteiger partial charge is 0.157 e. The van der Waals surface area contributed by atoms with Gasteiger partial charge >= 0.3 is 0 Å². The molecule has 0 spiro atoms. The standard InChI is InChI=1S/C14H30O2/c1-11(2)8-10-16-13(15)12(3)7-9-14(4,5)6/h11-13,15H,7-10H2,1-6H3. The molecule has 1 N–H and O–H groups in total. The van der Waals surface area contributed by atoms with Crippen molar-refractivity contribution in [3.63, 3.8) is 0 Å². The first-order valence-corrected chi connectivity index (χ1v) is 6.52. The van der Waals surface area contributed by atoms with Crippen LogP contribution in [0.3, 0.4) is 0 Å². The van der Waals surface area contributed by atoms with Crippen LogP contribution in [0.2, 0.25) is 0 Å². The summed E-state index contributed by atoms with van der Waals surface area (Å²) in [5.74, 6) is 0.864. The summed E-state index contributed by atoms with van der Waals surface area (Å²) in [5.41, 5.74) is 0.339. The van der Waals surface area contributed by atoms with Crippen molar-refractivity contribution in [3.05, 3.63) is 0 Å². The number of aliphatic hydroxyl groups excluding tert-OH is 1. The molecule has 0 radical (unpaired) electrons. The maximum absolute atomic E-state index is 9.81. The third kappa shape index (κ3) is 9.17. The van der Waals surface area contributed by atoms with Gasteiger partial charge in [0, 0.05) is 12.5 Å². The van der Waals surface area contributed by atoms with Crippen LogP contribution in [0.25, 0.3) is 0 Å². The Kier molecular flexibility index (Phi) is 7.25. The minimum atomic E-state index is -0.596. The minimum absolute atomic E-state index is 0.228. The van der Waals surface area contributed by atoms with Gasteiger partial charge in [0.15, 0.2) is 6.29 Å². The van der Waals surface area contributed by atoms with Crippen molar-refractivity contribution >= 4 is 0 Å². The van der Waals surface area contributed by atoms with E-state index in [1.807, 2.05) is 0 Å². The Morgan fingerprint density at radius 1 is 1.06 bits per heavy atom. The molecule has 0 rings (SSSR count). The molecule has 98 valence electrons. The molecule has 0 aromatic carbocycles. The van der Waals surface area contributed by atoms with Gasteiger partial charge in [-0.15, -0.1) is 0 Å². The molecule has 2 heteroatoms. The number of rotatable bonds is 7. The van der Waals surface area contributed by atoms with Gasteiger partial charge < -0.3 is 9.84 Å². The number of hydrogen-bond acceptors (Lipinski definition) is 2. The van der Waals surface area contributed by atoms with Gasteiger partial charge in [0.05, 0.1) is 0 Å². The normalized spacial score (nSPS) is 16.5. The molecule has 0 aliphatic carbocycles. The van der Waals surface area contributed by atoms with Crippen LogP contribution >= 0.6 is 0 Å². The Bertz CT molecular complexity index is 170. The molecular weight excluding hydrogens is 200 g/mol. The molecule has 2 atom stereocenters. The second-order valence-corrected chi connectivity index (χ2v) is 6.52. The second-order valence-electron chi connectivity index (χ2n) is 6.52. The van der Waals surface area contributed by atoms with E-state index in [-0.39, 0.29) is 5.92 Å². The first-order chi connectivity index (χ1) is 7.22. The summed E-state index contributed by atoms with van der Waals surface area (Å²) in [7, 11) is 0. The number of hydrogen-bond donors (Lipinski definition) is 1. The van der Waals surface area contributed by atoms with Crippen LogP contribution in [0.4, 0.5) is 0 Å². The van der Waals surface area contributed by atoms with E-state index in [1.165, 1.54) is 0 Å². The SMILES string of the molecule is CC(C)CCOC(O)C(C)CCC(C)(C)C. The Balaban J connectivity index is 3.69. The van der Waals surface area contributed by atoms with Crippen LogP contribution in [-0.2, 0) is 4.74 Å². The van der Waals surface area contributed by atoms with Gasteiger partial charge in [-0.3, -0.25) is 0 Å². The highest BCUT2D eigenvalue weighted by Crippen LogP contribution is 2.25. The number of aliphatic hydroxyl groups is 1. The summed E-state index contributed by atoms with van der Waals surface area (Å²) in [5, 5.41) is 9.81. The lowest BCUT2D eigenvalue weighted by Gasteiger charge is -2.24. The fourth-order valence-corrected chi connectivity index (χ4v) is 1.39. The zero-order valence-electron chi connectivity index (χ0n) is 11.9. The zero-order chi connectivity index (χ0) is 12.8. The fourth-order valence-electron chi connectivity index (χ4n) is 1.39. The van der Waals surface area contributed by atoms with Crippen molar-refractivity contribution in [3.8, 4) is 0 Å². The molecule has 0 heterocycles. The van der Waals surface area contributed by atoms with Crippen LogP contribution < -0.4 is 0 Å². The summed E-state index contributed by atoms with van der Waals surface area (Å²) in [6, 6.07) is 0. The van der Waals surface area contributed by atoms with E-state index in [1.54, 1.807) is 0 Å². The molecule has 0 amide bonds. The number of ether oxygens (including phenoxy) is 1. The second kappa shape index (κ2) is 7.29. The van der Waals surface area contributed by atoms with E-state index in [2.05, 4.69) is 41.5 Å². The third-order valence-corrected chi connectivity index (χ3v) is 2.82. The van der Waals surface area contributed by atoms with Gasteiger partial charge in [-0.25, -0.2) is 0 Å². The maximum atomic E-state index is 9.81. The monoisotopic (exact) mass is 230 g/mol. The first kappa shape index (κ1) is 15.9. The molecule has 0 aromatic rings. The van der Waals surface area contributed by atoms with Crippen LogP contribution in [0.5, 0.6) is 0 Å². The molecule has 0 saturated heterocycles. The Labute approximate surface area is 101 Å².